The molecular weight excluding hydrogens is 286 g/mol. The van der Waals surface area contributed by atoms with Crippen LogP contribution in [0.5, 0.6) is 0 Å². The minimum atomic E-state index is 0.319. The van der Waals surface area contributed by atoms with Gasteiger partial charge in [-0.05, 0) is 37.6 Å². The minimum absolute atomic E-state index is 0.319. The molecule has 3 heteroatoms. The van der Waals surface area contributed by atoms with Crippen molar-refractivity contribution in [3.8, 4) is 12.3 Å². The molecule has 0 bridgehead atoms. The smallest absolute Gasteiger partial charge is 0.0417 e. The van der Waals surface area contributed by atoms with Crippen LogP contribution < -0.4 is 5.32 Å². The average Bonchev–Trinajstić information content (AvgIpc) is 2.26. The molecule has 1 N–H and O–H groups in total. The second-order valence-electron chi connectivity index (χ2n) is 3.60. The molecule has 0 saturated carbocycles. The molecule has 1 atom stereocenters. The van der Waals surface area contributed by atoms with Crippen molar-refractivity contribution in [2.45, 2.75) is 25.3 Å². The van der Waals surface area contributed by atoms with Crippen molar-refractivity contribution in [2.75, 3.05) is 7.05 Å². The van der Waals surface area contributed by atoms with Gasteiger partial charge in [-0.15, -0.1) is 12.3 Å². The fourth-order valence-corrected chi connectivity index (χ4v) is 2.61. The van der Waals surface area contributed by atoms with Gasteiger partial charge in [0.15, 0.2) is 0 Å². The number of unbranched alkanes of at least 4 members (excludes halogenated alkanes) is 1. The van der Waals surface area contributed by atoms with Crippen LogP contribution >= 0.6 is 27.5 Å². The number of halogens is 2. The van der Waals surface area contributed by atoms with Gasteiger partial charge in [-0.2, -0.15) is 0 Å². The van der Waals surface area contributed by atoms with Crippen LogP contribution in [0.3, 0.4) is 0 Å². The Morgan fingerprint density at radius 1 is 1.56 bits per heavy atom. The SMILES string of the molecule is C#CCCCC(NC)c1ccc(Cl)cc1Br. The number of terminal acetylenes is 1. The summed E-state index contributed by atoms with van der Waals surface area (Å²) in [4.78, 5) is 0. The van der Waals surface area contributed by atoms with E-state index in [1.807, 2.05) is 25.2 Å². The summed E-state index contributed by atoms with van der Waals surface area (Å²) in [6.07, 6.45) is 8.12. The summed E-state index contributed by atoms with van der Waals surface area (Å²) in [5.41, 5.74) is 1.23. The minimum Gasteiger partial charge on any atom is -0.313 e. The van der Waals surface area contributed by atoms with Gasteiger partial charge in [0, 0.05) is 22.0 Å². The molecule has 0 aliphatic heterocycles. The third-order valence-corrected chi connectivity index (χ3v) is 3.42. The number of nitrogens with one attached hydrogen (secondary N) is 1. The van der Waals surface area contributed by atoms with Gasteiger partial charge >= 0.3 is 0 Å². The van der Waals surface area contributed by atoms with Crippen LogP contribution in [-0.2, 0) is 0 Å². The van der Waals surface area contributed by atoms with Crippen molar-refractivity contribution < 1.29 is 0 Å². The Morgan fingerprint density at radius 3 is 2.88 bits per heavy atom. The maximum absolute atomic E-state index is 5.91. The highest BCUT2D eigenvalue weighted by Gasteiger charge is 2.12. The fraction of sp³-hybridized carbons (Fsp3) is 0.385. The van der Waals surface area contributed by atoms with Gasteiger partial charge in [-0.1, -0.05) is 33.6 Å². The Bertz CT molecular complexity index is 384. The summed E-state index contributed by atoms with van der Waals surface area (Å²) in [7, 11) is 1.96. The van der Waals surface area contributed by atoms with E-state index >= 15 is 0 Å². The van der Waals surface area contributed by atoms with Gasteiger partial charge in [-0.3, -0.25) is 0 Å². The predicted octanol–water partition coefficient (Wildman–Crippen LogP) is 4.17. The zero-order valence-electron chi connectivity index (χ0n) is 9.26. The standard InChI is InChI=1S/C13H15BrClN/c1-3-4-5-6-13(16-2)11-8-7-10(15)9-12(11)14/h1,7-9,13,16H,4-6H2,2H3. The van der Waals surface area contributed by atoms with Gasteiger partial charge in [0.25, 0.3) is 0 Å². The van der Waals surface area contributed by atoms with Gasteiger partial charge in [0.1, 0.15) is 0 Å². The Balaban J connectivity index is 2.75. The van der Waals surface area contributed by atoms with Crippen LogP contribution in [0, 0.1) is 12.3 Å². The molecule has 0 aliphatic rings. The zero-order chi connectivity index (χ0) is 12.0. The summed E-state index contributed by atoms with van der Waals surface area (Å²) in [5, 5.41) is 4.04. The van der Waals surface area contributed by atoms with Crippen molar-refractivity contribution in [1.29, 1.82) is 0 Å². The van der Waals surface area contributed by atoms with Gasteiger partial charge in [0.05, 0.1) is 0 Å². The first-order valence-corrected chi connectivity index (χ1v) is 6.41. The first-order valence-electron chi connectivity index (χ1n) is 5.24. The van der Waals surface area contributed by atoms with Crippen LogP contribution in [0.15, 0.2) is 22.7 Å². The van der Waals surface area contributed by atoms with E-state index in [9.17, 15) is 0 Å². The van der Waals surface area contributed by atoms with E-state index in [2.05, 4.69) is 27.2 Å². The van der Waals surface area contributed by atoms with E-state index < -0.39 is 0 Å². The van der Waals surface area contributed by atoms with E-state index in [0.717, 1.165) is 28.8 Å². The zero-order valence-corrected chi connectivity index (χ0v) is 11.6. The van der Waals surface area contributed by atoms with Crippen LogP contribution in [0.1, 0.15) is 30.9 Å². The molecule has 0 spiro atoms. The summed E-state index contributed by atoms with van der Waals surface area (Å²) in [6, 6.07) is 6.19. The number of benzene rings is 1. The molecule has 0 fully saturated rings. The van der Waals surface area contributed by atoms with Gasteiger partial charge < -0.3 is 5.32 Å². The summed E-state index contributed by atoms with van der Waals surface area (Å²) in [6.45, 7) is 0. The Labute approximate surface area is 111 Å². The molecule has 0 aliphatic carbocycles. The highest BCUT2D eigenvalue weighted by molar-refractivity contribution is 9.10. The monoisotopic (exact) mass is 299 g/mol. The molecule has 1 aromatic rings. The normalized spacial score (nSPS) is 12.1. The molecule has 0 aromatic heterocycles. The number of hydrogen-bond acceptors (Lipinski definition) is 1. The molecule has 86 valence electrons. The Kier molecular flexibility index (Phi) is 5.90. The van der Waals surface area contributed by atoms with Crippen molar-refractivity contribution in [3.63, 3.8) is 0 Å². The maximum Gasteiger partial charge on any atom is 0.0417 e. The van der Waals surface area contributed by atoms with E-state index in [1.54, 1.807) is 0 Å². The molecule has 0 saturated heterocycles. The van der Waals surface area contributed by atoms with Gasteiger partial charge in [0.2, 0.25) is 0 Å². The number of hydrogen-bond donors (Lipinski definition) is 1. The van der Waals surface area contributed by atoms with E-state index in [4.69, 9.17) is 18.0 Å². The lowest BCUT2D eigenvalue weighted by Gasteiger charge is -2.17. The lowest BCUT2D eigenvalue weighted by molar-refractivity contribution is 0.530. The Morgan fingerprint density at radius 2 is 2.31 bits per heavy atom. The highest BCUT2D eigenvalue weighted by atomic mass is 79.9. The highest BCUT2D eigenvalue weighted by Crippen LogP contribution is 2.29. The van der Waals surface area contributed by atoms with Gasteiger partial charge in [-0.25, -0.2) is 0 Å². The third-order valence-electron chi connectivity index (χ3n) is 2.50. The van der Waals surface area contributed by atoms with Crippen LogP contribution in [0.2, 0.25) is 5.02 Å². The van der Waals surface area contributed by atoms with Crippen molar-refractivity contribution in [2.24, 2.45) is 0 Å². The first-order chi connectivity index (χ1) is 7.69. The quantitative estimate of drug-likeness (QED) is 0.636. The molecule has 0 heterocycles. The maximum atomic E-state index is 5.91. The fourth-order valence-electron chi connectivity index (χ4n) is 1.65. The van der Waals surface area contributed by atoms with Crippen LogP contribution in [0.25, 0.3) is 0 Å². The molecule has 1 unspecified atom stereocenters. The average molecular weight is 301 g/mol. The van der Waals surface area contributed by atoms with Crippen LogP contribution in [0.4, 0.5) is 0 Å². The van der Waals surface area contributed by atoms with Crippen molar-refractivity contribution >= 4 is 27.5 Å². The third kappa shape index (κ3) is 3.83. The van der Waals surface area contributed by atoms with Crippen molar-refractivity contribution in [3.05, 3.63) is 33.3 Å². The second kappa shape index (κ2) is 6.96. The van der Waals surface area contributed by atoms with E-state index in [0.29, 0.717) is 6.04 Å². The molecule has 1 aromatic carbocycles. The molecule has 1 nitrogen and oxygen atoms in total. The lowest BCUT2D eigenvalue weighted by Crippen LogP contribution is -2.16. The lowest BCUT2D eigenvalue weighted by atomic mass is 10.0. The summed E-state index contributed by atoms with van der Waals surface area (Å²) in [5.74, 6) is 2.66. The Hall–Kier alpha value is -0.490. The molecular formula is C13H15BrClN. The van der Waals surface area contributed by atoms with E-state index in [1.165, 1.54) is 5.56 Å². The molecule has 0 amide bonds. The second-order valence-corrected chi connectivity index (χ2v) is 4.89. The molecule has 0 radical (unpaired) electrons. The topological polar surface area (TPSA) is 12.0 Å². The predicted molar refractivity (Wildman–Crippen MR) is 73.6 cm³/mol. The number of rotatable bonds is 5. The molecule has 16 heavy (non-hydrogen) atoms. The van der Waals surface area contributed by atoms with Crippen molar-refractivity contribution in [1.82, 2.24) is 5.32 Å². The first kappa shape index (κ1) is 13.6. The largest absolute Gasteiger partial charge is 0.313 e. The molecule has 1 rings (SSSR count). The summed E-state index contributed by atoms with van der Waals surface area (Å²) >= 11 is 9.45. The van der Waals surface area contributed by atoms with E-state index in [-0.39, 0.29) is 0 Å². The summed E-state index contributed by atoms with van der Waals surface area (Å²) < 4.78 is 1.04. The van der Waals surface area contributed by atoms with Crippen LogP contribution in [-0.4, -0.2) is 7.05 Å².